The predicted molar refractivity (Wildman–Crippen MR) is 63.7 cm³/mol. The average molecular weight is 289 g/mol. The average Bonchev–Trinajstić information content (AvgIpc) is 2.83. The zero-order chi connectivity index (χ0) is 13.9. The van der Waals surface area contributed by atoms with Crippen LogP contribution >= 0.6 is 11.5 Å². The van der Waals surface area contributed by atoms with Crippen LogP contribution in [0.25, 0.3) is 0 Å². The number of rotatable bonds is 4. The summed E-state index contributed by atoms with van der Waals surface area (Å²) in [6.45, 7) is 0. The highest BCUT2D eigenvalue weighted by molar-refractivity contribution is 7.05. The van der Waals surface area contributed by atoms with E-state index in [0.29, 0.717) is 6.42 Å². The van der Waals surface area contributed by atoms with E-state index in [4.69, 9.17) is 5.73 Å². The van der Waals surface area contributed by atoms with Crippen LogP contribution in [-0.4, -0.2) is 15.9 Å². The van der Waals surface area contributed by atoms with Gasteiger partial charge in [-0.1, -0.05) is 16.6 Å². The Morgan fingerprint density at radius 1 is 1.26 bits per heavy atom. The van der Waals surface area contributed by atoms with Gasteiger partial charge in [-0.05, 0) is 35.6 Å². The third-order valence-corrected chi connectivity index (χ3v) is 3.15. The summed E-state index contributed by atoms with van der Waals surface area (Å²) in [5.41, 5.74) is 6.75. The van der Waals surface area contributed by atoms with Crippen LogP contribution in [-0.2, 0) is 6.42 Å². The molecule has 0 bridgehead atoms. The van der Waals surface area contributed by atoms with E-state index < -0.39 is 6.36 Å². The Bertz CT molecular complexity index is 513. The summed E-state index contributed by atoms with van der Waals surface area (Å²) in [4.78, 5) is 0.829. The summed E-state index contributed by atoms with van der Waals surface area (Å²) in [5, 5.41) is 3.68. The first kappa shape index (κ1) is 13.8. The third-order valence-electron chi connectivity index (χ3n) is 2.36. The van der Waals surface area contributed by atoms with Crippen molar-refractivity contribution in [2.75, 3.05) is 0 Å². The second-order valence-electron chi connectivity index (χ2n) is 3.82. The van der Waals surface area contributed by atoms with Crippen LogP contribution < -0.4 is 10.5 Å². The van der Waals surface area contributed by atoms with Crippen molar-refractivity contribution in [3.8, 4) is 5.75 Å². The minimum Gasteiger partial charge on any atom is -0.406 e. The lowest BCUT2D eigenvalue weighted by molar-refractivity contribution is -0.274. The summed E-state index contributed by atoms with van der Waals surface area (Å²) in [7, 11) is 0. The maximum absolute atomic E-state index is 12.0. The first-order chi connectivity index (χ1) is 8.94. The van der Waals surface area contributed by atoms with Crippen molar-refractivity contribution in [3.63, 3.8) is 0 Å². The molecule has 0 fully saturated rings. The highest BCUT2D eigenvalue weighted by Gasteiger charge is 2.30. The second kappa shape index (κ2) is 5.54. The van der Waals surface area contributed by atoms with E-state index in [-0.39, 0.29) is 11.8 Å². The molecule has 1 atom stereocenters. The van der Waals surface area contributed by atoms with Crippen LogP contribution in [0.4, 0.5) is 13.2 Å². The van der Waals surface area contributed by atoms with Gasteiger partial charge in [-0.15, -0.1) is 18.3 Å². The number of aromatic nitrogens is 2. The molecule has 0 radical (unpaired) electrons. The van der Waals surface area contributed by atoms with Gasteiger partial charge in [0.25, 0.3) is 0 Å². The molecule has 0 spiro atoms. The normalized spacial score (nSPS) is 13.3. The predicted octanol–water partition coefficient (Wildman–Crippen LogP) is 2.68. The number of hydrogen-bond acceptors (Lipinski definition) is 5. The first-order valence-corrected chi connectivity index (χ1v) is 6.09. The zero-order valence-electron chi connectivity index (χ0n) is 9.59. The molecule has 2 rings (SSSR count). The zero-order valence-corrected chi connectivity index (χ0v) is 10.4. The van der Waals surface area contributed by atoms with Crippen molar-refractivity contribution in [2.45, 2.75) is 18.8 Å². The summed E-state index contributed by atoms with van der Waals surface area (Å²) < 4.78 is 43.4. The number of benzene rings is 1. The summed E-state index contributed by atoms with van der Waals surface area (Å²) in [6.07, 6.45) is -2.60. The highest BCUT2D eigenvalue weighted by Crippen LogP contribution is 2.24. The molecule has 0 aliphatic rings. The van der Waals surface area contributed by atoms with Gasteiger partial charge in [-0.2, -0.15) is 0 Å². The van der Waals surface area contributed by atoms with Crippen LogP contribution in [0.2, 0.25) is 0 Å². The van der Waals surface area contributed by atoms with Gasteiger partial charge in [-0.25, -0.2) is 0 Å². The molecule has 19 heavy (non-hydrogen) atoms. The molecule has 1 aromatic carbocycles. The van der Waals surface area contributed by atoms with Gasteiger partial charge in [0, 0.05) is 6.04 Å². The highest BCUT2D eigenvalue weighted by atomic mass is 32.1. The van der Waals surface area contributed by atoms with Gasteiger partial charge in [0.2, 0.25) is 0 Å². The monoisotopic (exact) mass is 289 g/mol. The van der Waals surface area contributed by atoms with Gasteiger partial charge in [0.1, 0.15) is 5.75 Å². The topological polar surface area (TPSA) is 61.0 Å². The maximum Gasteiger partial charge on any atom is 0.573 e. The molecule has 0 aliphatic heterocycles. The fourth-order valence-electron chi connectivity index (χ4n) is 1.52. The van der Waals surface area contributed by atoms with E-state index in [1.54, 1.807) is 18.3 Å². The van der Waals surface area contributed by atoms with E-state index in [1.165, 1.54) is 23.7 Å². The molecule has 0 aliphatic carbocycles. The number of nitrogens with two attached hydrogens (primary N) is 1. The quantitative estimate of drug-likeness (QED) is 0.940. The Morgan fingerprint density at radius 3 is 2.47 bits per heavy atom. The maximum atomic E-state index is 12.0. The Morgan fingerprint density at radius 2 is 1.95 bits per heavy atom. The molecule has 2 N–H and O–H groups in total. The van der Waals surface area contributed by atoms with Crippen molar-refractivity contribution in [3.05, 3.63) is 40.9 Å². The molecule has 8 heteroatoms. The lowest BCUT2D eigenvalue weighted by Crippen LogP contribution is -2.17. The minimum absolute atomic E-state index is 0.246. The molecule has 0 saturated heterocycles. The third kappa shape index (κ3) is 4.18. The first-order valence-electron chi connectivity index (χ1n) is 5.31. The van der Waals surface area contributed by atoms with Crippen LogP contribution in [0, 0.1) is 0 Å². The molecule has 1 aromatic heterocycles. The van der Waals surface area contributed by atoms with Gasteiger partial charge in [0.15, 0.2) is 0 Å². The molecule has 102 valence electrons. The summed E-state index contributed by atoms with van der Waals surface area (Å²) in [5.74, 6) is -0.246. The van der Waals surface area contributed by atoms with Crippen LogP contribution in [0.3, 0.4) is 0 Å². The van der Waals surface area contributed by atoms with Gasteiger partial charge < -0.3 is 10.5 Å². The van der Waals surface area contributed by atoms with Crippen molar-refractivity contribution in [1.82, 2.24) is 9.59 Å². The second-order valence-corrected chi connectivity index (χ2v) is 4.64. The molecular formula is C11H10F3N3OS. The Labute approximate surface area is 111 Å². The van der Waals surface area contributed by atoms with Gasteiger partial charge in [0.05, 0.1) is 11.1 Å². The molecule has 2 aromatic rings. The summed E-state index contributed by atoms with van der Waals surface area (Å²) >= 11 is 1.20. The van der Waals surface area contributed by atoms with Crippen LogP contribution in [0.1, 0.15) is 16.5 Å². The molecule has 0 amide bonds. The van der Waals surface area contributed by atoms with E-state index in [0.717, 1.165) is 10.4 Å². The lowest BCUT2D eigenvalue weighted by Gasteiger charge is -2.11. The van der Waals surface area contributed by atoms with E-state index in [9.17, 15) is 13.2 Å². The molecular weight excluding hydrogens is 279 g/mol. The fraction of sp³-hybridized carbons (Fsp3) is 0.273. The molecule has 4 nitrogen and oxygen atoms in total. The summed E-state index contributed by atoms with van der Waals surface area (Å²) in [6, 6.07) is 5.36. The minimum atomic E-state index is -4.67. The Kier molecular flexibility index (Phi) is 4.01. The van der Waals surface area contributed by atoms with Crippen molar-refractivity contribution in [1.29, 1.82) is 0 Å². The Hall–Kier alpha value is -1.67. The van der Waals surface area contributed by atoms with E-state index >= 15 is 0 Å². The number of halogens is 3. The largest absolute Gasteiger partial charge is 0.573 e. The van der Waals surface area contributed by atoms with E-state index in [1.807, 2.05) is 0 Å². The van der Waals surface area contributed by atoms with Crippen LogP contribution in [0.15, 0.2) is 30.5 Å². The number of ether oxygens (including phenoxy) is 1. The number of nitrogens with zero attached hydrogens (tertiary/aromatic N) is 2. The fourth-order valence-corrected chi connectivity index (χ4v) is 2.02. The van der Waals surface area contributed by atoms with Gasteiger partial charge >= 0.3 is 6.36 Å². The van der Waals surface area contributed by atoms with Crippen molar-refractivity contribution >= 4 is 11.5 Å². The van der Waals surface area contributed by atoms with E-state index in [2.05, 4.69) is 14.3 Å². The number of hydrogen-bond donors (Lipinski definition) is 1. The molecule has 1 unspecified atom stereocenters. The smallest absolute Gasteiger partial charge is 0.406 e. The standard InChI is InChI=1S/C11H10F3N3OS/c12-11(13,14)18-8-3-1-7(2-4-8)5-9(15)10-6-16-17-19-10/h1-4,6,9H,5,15H2. The van der Waals surface area contributed by atoms with Crippen molar-refractivity contribution in [2.24, 2.45) is 5.73 Å². The van der Waals surface area contributed by atoms with Crippen LogP contribution in [0.5, 0.6) is 5.75 Å². The lowest BCUT2D eigenvalue weighted by atomic mass is 10.1. The van der Waals surface area contributed by atoms with Gasteiger partial charge in [-0.3, -0.25) is 0 Å². The SMILES string of the molecule is NC(Cc1ccc(OC(F)(F)F)cc1)c1cnns1. The van der Waals surface area contributed by atoms with Crippen molar-refractivity contribution < 1.29 is 17.9 Å². The Balaban J connectivity index is 1.99. The molecule has 0 saturated carbocycles. The molecule has 1 heterocycles. The number of alkyl halides is 3.